The van der Waals surface area contributed by atoms with Crippen molar-refractivity contribution in [1.29, 1.82) is 0 Å². The normalized spacial score (nSPS) is 12.9. The summed E-state index contributed by atoms with van der Waals surface area (Å²) in [6, 6.07) is 10.6. The molecule has 0 saturated carbocycles. The highest BCUT2D eigenvalue weighted by molar-refractivity contribution is 5.91. The number of alkyl halides is 1. The number of carbonyl (C=O) groups is 1. The van der Waals surface area contributed by atoms with Crippen molar-refractivity contribution in [2.45, 2.75) is 97.8 Å². The summed E-state index contributed by atoms with van der Waals surface area (Å²) in [5.41, 5.74) is 0.0431. The number of carbonyl (C=O) groups excluding carboxylic acids is 1. The summed E-state index contributed by atoms with van der Waals surface area (Å²) >= 11 is 0. The zero-order chi connectivity index (χ0) is 26.3. The van der Waals surface area contributed by atoms with E-state index in [0.717, 1.165) is 18.9 Å². The predicted octanol–water partition coefficient (Wildman–Crippen LogP) is 8.72. The summed E-state index contributed by atoms with van der Waals surface area (Å²) in [5.74, 6) is -0.306. The minimum absolute atomic E-state index is 0.0431. The summed E-state index contributed by atoms with van der Waals surface area (Å²) in [7, 11) is 0. The molecule has 2 aromatic rings. The van der Waals surface area contributed by atoms with Gasteiger partial charge in [0.1, 0.15) is 23.8 Å². The maximum Gasteiger partial charge on any atom is 0.343 e. The molecule has 2 rings (SSSR count). The van der Waals surface area contributed by atoms with Gasteiger partial charge >= 0.3 is 5.97 Å². The van der Waals surface area contributed by atoms with Gasteiger partial charge in [0.15, 0.2) is 11.6 Å². The lowest BCUT2D eigenvalue weighted by Gasteiger charge is -2.20. The number of unbranched alkanes of at least 4 members (excludes halogenated alkanes) is 7. The van der Waals surface area contributed by atoms with Gasteiger partial charge in [-0.1, -0.05) is 65.7 Å². The van der Waals surface area contributed by atoms with E-state index in [1.807, 2.05) is 13.8 Å². The van der Waals surface area contributed by atoms with Crippen LogP contribution in [0.1, 0.15) is 95.8 Å². The van der Waals surface area contributed by atoms with Crippen LogP contribution in [0.15, 0.2) is 42.5 Å². The van der Waals surface area contributed by atoms with E-state index >= 15 is 0 Å². The Hall–Kier alpha value is -2.63. The van der Waals surface area contributed by atoms with E-state index in [9.17, 15) is 13.6 Å². The van der Waals surface area contributed by atoms with E-state index in [0.29, 0.717) is 24.5 Å². The lowest BCUT2D eigenvalue weighted by atomic mass is 10.0. The van der Waals surface area contributed by atoms with E-state index in [2.05, 4.69) is 6.92 Å². The van der Waals surface area contributed by atoms with Crippen LogP contribution in [-0.4, -0.2) is 24.9 Å². The number of rotatable bonds is 17. The third kappa shape index (κ3) is 11.0. The Labute approximate surface area is 215 Å². The van der Waals surface area contributed by atoms with Crippen LogP contribution >= 0.6 is 0 Å². The molecular formula is C30H42F2O4. The van der Waals surface area contributed by atoms with Crippen molar-refractivity contribution in [1.82, 2.24) is 0 Å². The van der Waals surface area contributed by atoms with Crippen LogP contribution in [0.5, 0.6) is 17.2 Å². The molecule has 0 radical (unpaired) electrons. The van der Waals surface area contributed by atoms with Crippen molar-refractivity contribution in [2.75, 3.05) is 6.61 Å². The second-order valence-electron chi connectivity index (χ2n) is 9.80. The molecule has 0 bridgehead atoms. The van der Waals surface area contributed by atoms with Crippen LogP contribution in [0.4, 0.5) is 8.78 Å². The molecule has 0 N–H and O–H groups in total. The highest BCUT2D eigenvalue weighted by Crippen LogP contribution is 2.24. The molecule has 0 saturated heterocycles. The zero-order valence-corrected chi connectivity index (χ0v) is 22.2. The summed E-state index contributed by atoms with van der Waals surface area (Å²) < 4.78 is 45.2. The Kier molecular flexibility index (Phi) is 13.3. The number of hydrogen-bond donors (Lipinski definition) is 0. The number of ether oxygens (including phenoxy) is 3. The summed E-state index contributed by atoms with van der Waals surface area (Å²) in [6.07, 6.45) is 8.27. The second kappa shape index (κ2) is 16.2. The highest BCUT2D eigenvalue weighted by Gasteiger charge is 2.21. The molecule has 200 valence electrons. The van der Waals surface area contributed by atoms with E-state index < -0.39 is 24.1 Å². The van der Waals surface area contributed by atoms with E-state index in [1.54, 1.807) is 31.2 Å². The molecule has 0 aliphatic heterocycles. The lowest BCUT2D eigenvalue weighted by molar-refractivity contribution is 0.0733. The first-order valence-corrected chi connectivity index (χ1v) is 13.4. The third-order valence-electron chi connectivity index (χ3n) is 5.99. The standard InChI is InChI=1S/C30H42F2O4/c1-5-6-7-8-9-10-11-12-19-34-25-14-16-26(17-15-25)36-30(33)24-13-18-29(28(32)21-24)35-23(4)27(31)20-22(2)3/h13-18,21-23,27H,5-12,19-20H2,1-4H3/t23-,27-/m0/s1. The molecule has 2 aromatic carbocycles. The Morgan fingerprint density at radius 3 is 2.08 bits per heavy atom. The molecule has 6 heteroatoms. The molecule has 0 amide bonds. The van der Waals surface area contributed by atoms with Crippen LogP contribution in [0.3, 0.4) is 0 Å². The number of esters is 1. The van der Waals surface area contributed by atoms with Gasteiger partial charge in [0.05, 0.1) is 12.2 Å². The molecule has 0 aliphatic carbocycles. The molecule has 0 fully saturated rings. The zero-order valence-electron chi connectivity index (χ0n) is 22.2. The summed E-state index contributed by atoms with van der Waals surface area (Å²) in [6.45, 7) is 8.28. The van der Waals surface area contributed by atoms with Gasteiger partial charge in [-0.25, -0.2) is 13.6 Å². The van der Waals surface area contributed by atoms with Gasteiger partial charge < -0.3 is 14.2 Å². The number of halogens is 2. The molecule has 0 unspecified atom stereocenters. The third-order valence-corrected chi connectivity index (χ3v) is 5.99. The fourth-order valence-electron chi connectivity index (χ4n) is 3.84. The molecule has 36 heavy (non-hydrogen) atoms. The van der Waals surface area contributed by atoms with Crippen LogP contribution in [0.25, 0.3) is 0 Å². The van der Waals surface area contributed by atoms with Gasteiger partial charge in [0.25, 0.3) is 0 Å². The van der Waals surface area contributed by atoms with Gasteiger partial charge in [-0.3, -0.25) is 0 Å². The molecule has 4 nitrogen and oxygen atoms in total. The average Bonchev–Trinajstić information content (AvgIpc) is 2.84. The van der Waals surface area contributed by atoms with E-state index in [1.165, 1.54) is 50.7 Å². The monoisotopic (exact) mass is 504 g/mol. The van der Waals surface area contributed by atoms with Gasteiger partial charge in [0.2, 0.25) is 0 Å². The topological polar surface area (TPSA) is 44.8 Å². The highest BCUT2D eigenvalue weighted by atomic mass is 19.1. The van der Waals surface area contributed by atoms with Crippen molar-refractivity contribution < 1.29 is 27.8 Å². The van der Waals surface area contributed by atoms with E-state index in [-0.39, 0.29) is 17.2 Å². The maximum atomic E-state index is 14.5. The number of hydrogen-bond acceptors (Lipinski definition) is 4. The second-order valence-corrected chi connectivity index (χ2v) is 9.80. The first kappa shape index (κ1) is 29.6. The Morgan fingerprint density at radius 1 is 0.861 bits per heavy atom. The van der Waals surface area contributed by atoms with Crippen molar-refractivity contribution in [3.63, 3.8) is 0 Å². The van der Waals surface area contributed by atoms with Crippen molar-refractivity contribution in [2.24, 2.45) is 5.92 Å². The Balaban J connectivity index is 1.76. The predicted molar refractivity (Wildman–Crippen MR) is 140 cm³/mol. The smallest absolute Gasteiger partial charge is 0.343 e. The van der Waals surface area contributed by atoms with Crippen LogP contribution in [0, 0.1) is 11.7 Å². The first-order chi connectivity index (χ1) is 17.3. The Morgan fingerprint density at radius 2 is 1.47 bits per heavy atom. The fraction of sp³-hybridized carbons (Fsp3) is 0.567. The van der Waals surface area contributed by atoms with Crippen molar-refractivity contribution in [3.05, 3.63) is 53.8 Å². The van der Waals surface area contributed by atoms with Crippen LogP contribution in [0.2, 0.25) is 0 Å². The van der Waals surface area contributed by atoms with Gasteiger partial charge in [-0.15, -0.1) is 0 Å². The molecule has 0 aromatic heterocycles. The lowest BCUT2D eigenvalue weighted by Crippen LogP contribution is -2.26. The first-order valence-electron chi connectivity index (χ1n) is 13.4. The van der Waals surface area contributed by atoms with Crippen molar-refractivity contribution >= 4 is 5.97 Å². The SMILES string of the molecule is CCCCCCCCCCOc1ccc(OC(=O)c2ccc(O[C@@H](C)[C@@H](F)CC(C)C)c(F)c2)cc1. The van der Waals surface area contributed by atoms with E-state index in [4.69, 9.17) is 14.2 Å². The molecule has 0 heterocycles. The van der Waals surface area contributed by atoms with Gasteiger partial charge in [-0.2, -0.15) is 0 Å². The minimum atomic E-state index is -1.21. The molecule has 0 spiro atoms. The maximum absolute atomic E-state index is 14.5. The van der Waals surface area contributed by atoms with Crippen LogP contribution in [-0.2, 0) is 0 Å². The molecular weight excluding hydrogens is 462 g/mol. The summed E-state index contributed by atoms with van der Waals surface area (Å²) in [4.78, 5) is 12.4. The van der Waals surface area contributed by atoms with Crippen LogP contribution < -0.4 is 14.2 Å². The van der Waals surface area contributed by atoms with Crippen molar-refractivity contribution in [3.8, 4) is 17.2 Å². The average molecular weight is 505 g/mol. The largest absolute Gasteiger partial charge is 0.494 e. The number of benzene rings is 2. The molecule has 2 atom stereocenters. The minimum Gasteiger partial charge on any atom is -0.494 e. The summed E-state index contributed by atoms with van der Waals surface area (Å²) in [5, 5.41) is 0. The molecule has 0 aliphatic rings. The Bertz CT molecular complexity index is 898. The fourth-order valence-corrected chi connectivity index (χ4v) is 3.84. The van der Waals surface area contributed by atoms with Gasteiger partial charge in [-0.05, 0) is 68.1 Å². The van der Waals surface area contributed by atoms with Gasteiger partial charge in [0, 0.05) is 0 Å². The quantitative estimate of drug-likeness (QED) is 0.123.